The molecular formula is C21H22I3NO3. The first-order valence-electron chi connectivity index (χ1n) is 9.28. The molecule has 2 aliphatic heterocycles. The maximum Gasteiger partial charge on any atom is 0.163 e. The zero-order valence-electron chi connectivity index (χ0n) is 15.7. The van der Waals surface area contributed by atoms with Gasteiger partial charge >= 0.3 is 0 Å². The van der Waals surface area contributed by atoms with Gasteiger partial charge < -0.3 is 19.9 Å². The summed E-state index contributed by atoms with van der Waals surface area (Å²) in [6.45, 7) is 6.46. The molecule has 1 atom stereocenters. The number of hydrogen-bond acceptors (Lipinski definition) is 4. The van der Waals surface area contributed by atoms with Gasteiger partial charge in [0.1, 0.15) is 5.75 Å². The second kappa shape index (κ2) is 8.72. The summed E-state index contributed by atoms with van der Waals surface area (Å²) in [5.74, 6) is 1.71. The Morgan fingerprint density at radius 1 is 0.964 bits per heavy atom. The van der Waals surface area contributed by atoms with Crippen LogP contribution in [0, 0.1) is 29.5 Å². The second-order valence-electron chi connectivity index (χ2n) is 7.62. The summed E-state index contributed by atoms with van der Waals surface area (Å²) in [7, 11) is 0. The summed E-state index contributed by atoms with van der Waals surface area (Å²) in [6.07, 6.45) is 0.754. The van der Waals surface area contributed by atoms with E-state index in [-0.39, 0.29) is 12.2 Å². The van der Waals surface area contributed by atoms with Crippen LogP contribution in [-0.4, -0.2) is 26.1 Å². The van der Waals surface area contributed by atoms with Crippen LogP contribution < -0.4 is 10.5 Å². The van der Waals surface area contributed by atoms with Crippen molar-refractivity contribution in [3.8, 4) is 16.9 Å². The van der Waals surface area contributed by atoms with E-state index in [9.17, 15) is 0 Å². The number of hydrogen-bond donors (Lipinski definition) is 1. The Kier molecular flexibility index (Phi) is 6.66. The SMILES string of the molecule is Cc1c2c(cc(I)c1-c1cc(I)c(N)c(I)c1)CC(C1OCC(C)CO1)CO2. The lowest BCUT2D eigenvalue weighted by Crippen LogP contribution is -2.41. The molecule has 4 rings (SSSR count). The number of anilines is 1. The Labute approximate surface area is 206 Å². The smallest absolute Gasteiger partial charge is 0.163 e. The van der Waals surface area contributed by atoms with Crippen molar-refractivity contribution < 1.29 is 14.2 Å². The molecule has 2 aromatic rings. The average Bonchev–Trinajstić information content (AvgIpc) is 2.66. The van der Waals surface area contributed by atoms with Gasteiger partial charge in [-0.1, -0.05) is 6.92 Å². The van der Waals surface area contributed by atoms with Crippen molar-refractivity contribution in [2.24, 2.45) is 11.8 Å². The molecule has 0 radical (unpaired) electrons. The van der Waals surface area contributed by atoms with E-state index in [2.05, 4.69) is 99.8 Å². The van der Waals surface area contributed by atoms with E-state index in [0.29, 0.717) is 12.5 Å². The summed E-state index contributed by atoms with van der Waals surface area (Å²) in [5.41, 5.74) is 11.8. The molecule has 28 heavy (non-hydrogen) atoms. The van der Waals surface area contributed by atoms with Crippen LogP contribution in [0.15, 0.2) is 18.2 Å². The summed E-state index contributed by atoms with van der Waals surface area (Å²) in [6, 6.07) is 6.57. The van der Waals surface area contributed by atoms with Gasteiger partial charge in [0.2, 0.25) is 0 Å². The molecule has 1 fully saturated rings. The topological polar surface area (TPSA) is 53.7 Å². The quantitative estimate of drug-likeness (QED) is 0.324. The monoisotopic (exact) mass is 717 g/mol. The number of benzene rings is 2. The predicted molar refractivity (Wildman–Crippen MR) is 137 cm³/mol. The molecule has 150 valence electrons. The third kappa shape index (κ3) is 4.15. The van der Waals surface area contributed by atoms with Crippen LogP contribution in [0.2, 0.25) is 0 Å². The van der Waals surface area contributed by atoms with Crippen LogP contribution >= 0.6 is 67.8 Å². The molecule has 2 aromatic carbocycles. The average molecular weight is 717 g/mol. The van der Waals surface area contributed by atoms with Crippen LogP contribution in [0.1, 0.15) is 18.1 Å². The van der Waals surface area contributed by atoms with Gasteiger partial charge in [-0.2, -0.15) is 0 Å². The number of fused-ring (bicyclic) bond motifs is 1. The van der Waals surface area contributed by atoms with Gasteiger partial charge in [-0.05, 0) is 110 Å². The number of halogens is 3. The highest BCUT2D eigenvalue weighted by Crippen LogP contribution is 2.42. The van der Waals surface area contributed by atoms with E-state index in [0.717, 1.165) is 38.2 Å². The summed E-state index contributed by atoms with van der Waals surface area (Å²) >= 11 is 7.05. The Morgan fingerprint density at radius 2 is 1.61 bits per heavy atom. The zero-order chi connectivity index (χ0) is 20.0. The first-order valence-corrected chi connectivity index (χ1v) is 12.5. The molecule has 0 spiro atoms. The number of rotatable bonds is 2. The normalized spacial score (nSPS) is 24.5. The van der Waals surface area contributed by atoms with E-state index in [4.69, 9.17) is 19.9 Å². The van der Waals surface area contributed by atoms with E-state index >= 15 is 0 Å². The van der Waals surface area contributed by atoms with Gasteiger partial charge in [0.05, 0.1) is 25.5 Å². The molecule has 7 heteroatoms. The minimum Gasteiger partial charge on any atom is -0.493 e. The van der Waals surface area contributed by atoms with Crippen molar-refractivity contribution in [1.29, 1.82) is 0 Å². The highest BCUT2D eigenvalue weighted by atomic mass is 127. The lowest BCUT2D eigenvalue weighted by atomic mass is 9.90. The zero-order valence-corrected chi connectivity index (χ0v) is 22.2. The molecule has 1 unspecified atom stereocenters. The molecule has 4 nitrogen and oxygen atoms in total. The van der Waals surface area contributed by atoms with Crippen LogP contribution in [-0.2, 0) is 15.9 Å². The van der Waals surface area contributed by atoms with Crippen molar-refractivity contribution in [2.75, 3.05) is 25.6 Å². The maximum absolute atomic E-state index is 6.26. The van der Waals surface area contributed by atoms with Crippen LogP contribution in [0.4, 0.5) is 5.69 Å². The maximum atomic E-state index is 6.26. The fourth-order valence-electron chi connectivity index (χ4n) is 3.85. The van der Waals surface area contributed by atoms with E-state index in [1.807, 2.05) is 0 Å². The minimum absolute atomic E-state index is 0.165. The molecule has 2 heterocycles. The van der Waals surface area contributed by atoms with Gasteiger partial charge in [-0.15, -0.1) is 0 Å². The van der Waals surface area contributed by atoms with Gasteiger partial charge in [0.15, 0.2) is 6.29 Å². The van der Waals surface area contributed by atoms with Gasteiger partial charge in [-0.3, -0.25) is 0 Å². The Bertz CT molecular complexity index is 887. The molecule has 0 amide bonds. The molecule has 1 saturated heterocycles. The lowest BCUT2D eigenvalue weighted by molar-refractivity contribution is -0.226. The molecule has 2 N–H and O–H groups in total. The van der Waals surface area contributed by atoms with Crippen molar-refractivity contribution in [2.45, 2.75) is 26.6 Å². The first-order chi connectivity index (χ1) is 13.3. The third-order valence-corrected chi connectivity index (χ3v) is 7.95. The number of ether oxygens (including phenoxy) is 3. The minimum atomic E-state index is -0.165. The highest BCUT2D eigenvalue weighted by Gasteiger charge is 2.33. The fraction of sp³-hybridized carbons (Fsp3) is 0.429. The Morgan fingerprint density at radius 3 is 2.25 bits per heavy atom. The fourth-order valence-corrected chi connectivity index (χ4v) is 6.71. The predicted octanol–water partition coefficient (Wildman–Crippen LogP) is 5.62. The van der Waals surface area contributed by atoms with Gasteiger partial charge in [-0.25, -0.2) is 0 Å². The number of nitrogen functional groups attached to an aromatic ring is 1. The van der Waals surface area contributed by atoms with E-state index in [1.54, 1.807) is 0 Å². The van der Waals surface area contributed by atoms with Crippen molar-refractivity contribution in [3.63, 3.8) is 0 Å². The summed E-state index contributed by atoms with van der Waals surface area (Å²) in [5, 5.41) is 0. The Hall–Kier alpha value is 0.150. The molecule has 0 saturated carbocycles. The van der Waals surface area contributed by atoms with Crippen molar-refractivity contribution >= 4 is 73.5 Å². The van der Waals surface area contributed by atoms with Crippen LogP contribution in [0.5, 0.6) is 5.75 Å². The summed E-state index contributed by atoms with van der Waals surface area (Å²) < 4.78 is 21.5. The first kappa shape index (κ1) is 21.4. The lowest BCUT2D eigenvalue weighted by Gasteiger charge is -2.36. The van der Waals surface area contributed by atoms with Crippen LogP contribution in [0.25, 0.3) is 11.1 Å². The molecule has 2 aliphatic rings. The van der Waals surface area contributed by atoms with Crippen molar-refractivity contribution in [3.05, 3.63) is 40.0 Å². The second-order valence-corrected chi connectivity index (χ2v) is 11.1. The van der Waals surface area contributed by atoms with Gasteiger partial charge in [0.25, 0.3) is 0 Å². The highest BCUT2D eigenvalue weighted by molar-refractivity contribution is 14.1. The van der Waals surface area contributed by atoms with Crippen LogP contribution in [0.3, 0.4) is 0 Å². The van der Waals surface area contributed by atoms with Crippen molar-refractivity contribution in [1.82, 2.24) is 0 Å². The summed E-state index contributed by atoms with van der Waals surface area (Å²) in [4.78, 5) is 0. The molecule has 0 aliphatic carbocycles. The van der Waals surface area contributed by atoms with E-state index < -0.39 is 0 Å². The standard InChI is InChI=1S/C21H22I3NO3/c1-10-7-27-21(28-8-10)14-3-13-6-15(22)18(11(2)20(13)26-9-14)12-4-16(23)19(25)17(24)5-12/h4-6,10,14,21H,3,7-9,25H2,1-2H3. The molecular weight excluding hydrogens is 695 g/mol. The third-order valence-electron chi connectivity index (χ3n) is 5.31. The number of nitrogens with two attached hydrogens (primary N) is 1. The Balaban J connectivity index is 1.66. The van der Waals surface area contributed by atoms with Gasteiger partial charge in [0, 0.05) is 33.7 Å². The van der Waals surface area contributed by atoms with E-state index in [1.165, 1.54) is 25.8 Å². The largest absolute Gasteiger partial charge is 0.493 e. The molecule has 0 bridgehead atoms. The molecule has 0 aromatic heterocycles.